The molecule has 36 heavy (non-hydrogen) atoms. The Morgan fingerprint density at radius 2 is 1.64 bits per heavy atom. The number of nitrogens with one attached hydrogen (secondary N) is 1. The van der Waals surface area contributed by atoms with Crippen LogP contribution >= 0.6 is 0 Å². The van der Waals surface area contributed by atoms with Crippen LogP contribution in [0.2, 0.25) is 0 Å². The van der Waals surface area contributed by atoms with E-state index < -0.39 is 0 Å². The molecule has 6 heteroatoms. The van der Waals surface area contributed by atoms with Crippen LogP contribution in [-0.2, 0) is 11.2 Å². The number of esters is 1. The highest BCUT2D eigenvalue weighted by atomic mass is 16.5. The SMILES string of the molecule is CCCCOc1ccc(CCC(=O)Oc2ccc(C(=O)Nc3ccc(C)cc3C)cc2)cc1OCC. The smallest absolute Gasteiger partial charge is 0.311 e. The topological polar surface area (TPSA) is 73.9 Å². The Labute approximate surface area is 213 Å². The third kappa shape index (κ3) is 7.87. The maximum atomic E-state index is 12.6. The fraction of sp³-hybridized carbons (Fsp3) is 0.333. The molecule has 0 spiro atoms. The molecule has 0 aliphatic carbocycles. The Morgan fingerprint density at radius 1 is 0.861 bits per heavy atom. The minimum atomic E-state index is -0.344. The van der Waals surface area contributed by atoms with Crippen LogP contribution in [-0.4, -0.2) is 25.1 Å². The largest absolute Gasteiger partial charge is 0.490 e. The summed E-state index contributed by atoms with van der Waals surface area (Å²) in [7, 11) is 0. The normalized spacial score (nSPS) is 10.6. The first-order valence-corrected chi connectivity index (χ1v) is 12.5. The number of anilines is 1. The number of hydrogen-bond acceptors (Lipinski definition) is 5. The van der Waals surface area contributed by atoms with E-state index in [4.69, 9.17) is 14.2 Å². The quantitative estimate of drug-likeness (QED) is 0.175. The van der Waals surface area contributed by atoms with E-state index in [0.29, 0.717) is 36.7 Å². The van der Waals surface area contributed by atoms with E-state index in [1.54, 1.807) is 24.3 Å². The summed E-state index contributed by atoms with van der Waals surface area (Å²) in [6.45, 7) is 9.20. The monoisotopic (exact) mass is 489 g/mol. The van der Waals surface area contributed by atoms with Crippen molar-refractivity contribution in [2.45, 2.75) is 53.4 Å². The molecule has 6 nitrogen and oxygen atoms in total. The average molecular weight is 490 g/mol. The number of rotatable bonds is 12. The van der Waals surface area contributed by atoms with Crippen LogP contribution in [0.1, 0.15) is 60.2 Å². The van der Waals surface area contributed by atoms with Gasteiger partial charge in [-0.1, -0.05) is 37.1 Å². The highest BCUT2D eigenvalue weighted by molar-refractivity contribution is 6.04. The van der Waals surface area contributed by atoms with Crippen molar-refractivity contribution in [1.29, 1.82) is 0 Å². The zero-order chi connectivity index (χ0) is 25.9. The summed E-state index contributed by atoms with van der Waals surface area (Å²) < 4.78 is 17.0. The van der Waals surface area contributed by atoms with E-state index in [2.05, 4.69) is 12.2 Å². The van der Waals surface area contributed by atoms with Gasteiger partial charge in [0.25, 0.3) is 5.91 Å². The second-order valence-corrected chi connectivity index (χ2v) is 8.69. The van der Waals surface area contributed by atoms with E-state index in [1.807, 2.05) is 57.2 Å². The lowest BCUT2D eigenvalue weighted by Gasteiger charge is -2.13. The second kappa shape index (κ2) is 13.3. The maximum Gasteiger partial charge on any atom is 0.311 e. The molecule has 3 aromatic carbocycles. The third-order valence-corrected chi connectivity index (χ3v) is 5.66. The molecule has 1 N–H and O–H groups in total. The summed E-state index contributed by atoms with van der Waals surface area (Å²) in [6, 6.07) is 18.2. The van der Waals surface area contributed by atoms with Gasteiger partial charge in [-0.2, -0.15) is 0 Å². The summed E-state index contributed by atoms with van der Waals surface area (Å²) in [4.78, 5) is 25.0. The van der Waals surface area contributed by atoms with Crippen molar-refractivity contribution >= 4 is 17.6 Å². The maximum absolute atomic E-state index is 12.6. The molecule has 3 aromatic rings. The van der Waals surface area contributed by atoms with Gasteiger partial charge in [0, 0.05) is 17.7 Å². The first-order valence-electron chi connectivity index (χ1n) is 12.5. The summed E-state index contributed by atoms with van der Waals surface area (Å²) >= 11 is 0. The molecule has 0 aliphatic heterocycles. The van der Waals surface area contributed by atoms with Crippen LogP contribution in [0.15, 0.2) is 60.7 Å². The molecule has 0 saturated carbocycles. The van der Waals surface area contributed by atoms with Gasteiger partial charge in [-0.05, 0) is 87.2 Å². The van der Waals surface area contributed by atoms with Crippen LogP contribution in [0.3, 0.4) is 0 Å². The zero-order valence-electron chi connectivity index (χ0n) is 21.6. The van der Waals surface area contributed by atoms with Crippen LogP contribution in [0.5, 0.6) is 17.2 Å². The van der Waals surface area contributed by atoms with Crippen molar-refractivity contribution in [2.24, 2.45) is 0 Å². The van der Waals surface area contributed by atoms with Gasteiger partial charge in [0.05, 0.1) is 13.2 Å². The fourth-order valence-corrected chi connectivity index (χ4v) is 3.67. The van der Waals surface area contributed by atoms with E-state index >= 15 is 0 Å². The Bertz CT molecular complexity index is 1170. The van der Waals surface area contributed by atoms with Crippen molar-refractivity contribution < 1.29 is 23.8 Å². The molecule has 0 aliphatic rings. The number of unbranched alkanes of at least 4 members (excludes halogenated alkanes) is 1. The number of ether oxygens (including phenoxy) is 3. The minimum Gasteiger partial charge on any atom is -0.490 e. The molecule has 0 bridgehead atoms. The molecule has 0 aromatic heterocycles. The molecule has 0 unspecified atom stereocenters. The number of hydrogen-bond donors (Lipinski definition) is 1. The molecule has 0 saturated heterocycles. The summed E-state index contributed by atoms with van der Waals surface area (Å²) in [5, 5.41) is 2.92. The molecule has 0 heterocycles. The van der Waals surface area contributed by atoms with Gasteiger partial charge in [0.2, 0.25) is 0 Å². The molecule has 190 valence electrons. The Morgan fingerprint density at radius 3 is 2.33 bits per heavy atom. The van der Waals surface area contributed by atoms with E-state index in [0.717, 1.165) is 41.0 Å². The Kier molecular flexibility index (Phi) is 9.92. The number of carbonyl (C=O) groups excluding carboxylic acids is 2. The lowest BCUT2D eigenvalue weighted by Crippen LogP contribution is -2.13. The first kappa shape index (κ1) is 26.8. The predicted molar refractivity (Wildman–Crippen MR) is 142 cm³/mol. The van der Waals surface area contributed by atoms with Crippen molar-refractivity contribution in [1.82, 2.24) is 0 Å². The van der Waals surface area contributed by atoms with Crippen molar-refractivity contribution in [3.63, 3.8) is 0 Å². The molecule has 1 amide bonds. The lowest BCUT2D eigenvalue weighted by molar-refractivity contribution is -0.134. The molecule has 0 atom stereocenters. The van der Waals surface area contributed by atoms with Gasteiger partial charge in [-0.3, -0.25) is 9.59 Å². The van der Waals surface area contributed by atoms with Gasteiger partial charge in [-0.15, -0.1) is 0 Å². The van der Waals surface area contributed by atoms with E-state index in [9.17, 15) is 9.59 Å². The van der Waals surface area contributed by atoms with Crippen molar-refractivity contribution in [3.8, 4) is 17.2 Å². The predicted octanol–water partition coefficient (Wildman–Crippen LogP) is 6.67. The molecule has 3 rings (SSSR count). The molecule has 0 radical (unpaired) electrons. The Balaban J connectivity index is 1.53. The summed E-state index contributed by atoms with van der Waals surface area (Å²) in [5.41, 5.74) is 4.37. The lowest BCUT2D eigenvalue weighted by atomic mass is 10.1. The van der Waals surface area contributed by atoms with Gasteiger partial charge in [0.1, 0.15) is 5.75 Å². The van der Waals surface area contributed by atoms with Gasteiger partial charge < -0.3 is 19.5 Å². The van der Waals surface area contributed by atoms with Gasteiger partial charge >= 0.3 is 5.97 Å². The second-order valence-electron chi connectivity index (χ2n) is 8.69. The highest BCUT2D eigenvalue weighted by Gasteiger charge is 2.12. The molecule has 0 fully saturated rings. The van der Waals surface area contributed by atoms with E-state index in [1.165, 1.54) is 0 Å². The van der Waals surface area contributed by atoms with Crippen LogP contribution in [0.4, 0.5) is 5.69 Å². The fourth-order valence-electron chi connectivity index (χ4n) is 3.67. The van der Waals surface area contributed by atoms with Crippen LogP contribution < -0.4 is 19.5 Å². The average Bonchev–Trinajstić information content (AvgIpc) is 2.86. The highest BCUT2D eigenvalue weighted by Crippen LogP contribution is 2.29. The number of amides is 1. The minimum absolute atomic E-state index is 0.216. The number of aryl methyl sites for hydroxylation is 3. The van der Waals surface area contributed by atoms with Gasteiger partial charge in [0.15, 0.2) is 11.5 Å². The molecular formula is C30H35NO5. The number of benzene rings is 3. The molecular weight excluding hydrogens is 454 g/mol. The summed E-state index contributed by atoms with van der Waals surface area (Å²) in [5.74, 6) is 1.25. The van der Waals surface area contributed by atoms with Crippen molar-refractivity contribution in [2.75, 3.05) is 18.5 Å². The van der Waals surface area contributed by atoms with E-state index in [-0.39, 0.29) is 18.3 Å². The Hall–Kier alpha value is -3.80. The van der Waals surface area contributed by atoms with Crippen molar-refractivity contribution in [3.05, 3.63) is 82.9 Å². The first-order chi connectivity index (χ1) is 17.4. The van der Waals surface area contributed by atoms with Gasteiger partial charge in [-0.25, -0.2) is 0 Å². The zero-order valence-corrected chi connectivity index (χ0v) is 21.6. The standard InChI is InChI=1S/C30H35NO5/c1-5-7-18-35-27-16-9-23(20-28(27)34-6-2)10-17-29(32)36-25-13-11-24(12-14-25)30(33)31-26-15-8-21(3)19-22(26)4/h8-9,11-16,19-20H,5-7,10,17-18H2,1-4H3,(H,31,33). The van der Waals surface area contributed by atoms with Crippen LogP contribution in [0.25, 0.3) is 0 Å². The number of carbonyl (C=O) groups is 2. The third-order valence-electron chi connectivity index (χ3n) is 5.66. The summed E-state index contributed by atoms with van der Waals surface area (Å²) in [6.07, 6.45) is 2.78. The van der Waals surface area contributed by atoms with Crippen LogP contribution in [0, 0.1) is 13.8 Å².